The number of anilines is 1. The molecule has 0 bridgehead atoms. The number of hydrogen-bond donors (Lipinski definition) is 3. The third-order valence-corrected chi connectivity index (χ3v) is 6.25. The number of sulfonamides is 1. The second-order valence-electron chi connectivity index (χ2n) is 7.33. The quantitative estimate of drug-likeness (QED) is 0.381. The number of aliphatic hydroxyl groups is 2. The van der Waals surface area contributed by atoms with Gasteiger partial charge in [-0.15, -0.1) is 0 Å². The average molecular weight is 412 g/mol. The van der Waals surface area contributed by atoms with Crippen LogP contribution >= 0.6 is 0 Å². The number of hydrogen-bond acceptors (Lipinski definition) is 5. The molecule has 0 aromatic heterocycles. The fourth-order valence-corrected chi connectivity index (χ4v) is 4.17. The molecule has 0 radical (unpaired) electrons. The Morgan fingerprint density at radius 2 is 1.82 bits per heavy atom. The molecule has 28 heavy (non-hydrogen) atoms. The predicted molar refractivity (Wildman–Crippen MR) is 108 cm³/mol. The van der Waals surface area contributed by atoms with E-state index in [0.717, 1.165) is 12.7 Å². The van der Waals surface area contributed by atoms with Crippen LogP contribution in [0.4, 0.5) is 5.69 Å². The summed E-state index contributed by atoms with van der Waals surface area (Å²) >= 11 is 0. The lowest BCUT2D eigenvalue weighted by molar-refractivity contribution is -0.137. The molecule has 0 spiro atoms. The molecule has 1 atom stereocenters. The summed E-state index contributed by atoms with van der Waals surface area (Å²) in [6.45, 7) is 0.264. The molecule has 1 unspecified atom stereocenters. The van der Waals surface area contributed by atoms with Gasteiger partial charge in [0.2, 0.25) is 10.0 Å². The first-order valence-electron chi connectivity index (χ1n) is 9.48. The number of carbonyl (C=O) groups is 1. The van der Waals surface area contributed by atoms with E-state index in [1.165, 1.54) is 4.31 Å². The van der Waals surface area contributed by atoms with Crippen LogP contribution in [0, 0.1) is 0 Å². The number of nitrogens with zero attached hydrogens (tertiary/aromatic N) is 1. The lowest BCUT2D eigenvalue weighted by Crippen LogP contribution is -2.43. The summed E-state index contributed by atoms with van der Waals surface area (Å²) < 4.78 is 25.6. The van der Waals surface area contributed by atoms with Gasteiger partial charge in [0.15, 0.2) is 0 Å². The van der Waals surface area contributed by atoms with Crippen molar-refractivity contribution in [2.75, 3.05) is 17.1 Å². The van der Waals surface area contributed by atoms with Crippen molar-refractivity contribution >= 4 is 21.7 Å². The van der Waals surface area contributed by atoms with E-state index in [2.05, 4.69) is 0 Å². The molecule has 2 rings (SSSR count). The number of carboxylic acid groups (broad SMARTS) is 1. The van der Waals surface area contributed by atoms with Gasteiger partial charge in [0.25, 0.3) is 0 Å². The first-order valence-corrected chi connectivity index (χ1v) is 11.3. The molecular formula is C20H29NO6S. The van der Waals surface area contributed by atoms with Crippen molar-refractivity contribution in [2.45, 2.75) is 56.7 Å². The number of benzene rings is 1. The molecule has 1 aromatic carbocycles. The van der Waals surface area contributed by atoms with Gasteiger partial charge in [0.05, 0.1) is 17.5 Å². The van der Waals surface area contributed by atoms with Crippen molar-refractivity contribution < 1.29 is 28.5 Å². The van der Waals surface area contributed by atoms with Gasteiger partial charge in [-0.3, -0.25) is 9.10 Å². The molecule has 156 valence electrons. The highest BCUT2D eigenvalue weighted by atomic mass is 32.2. The van der Waals surface area contributed by atoms with E-state index in [9.17, 15) is 23.4 Å². The van der Waals surface area contributed by atoms with Gasteiger partial charge < -0.3 is 15.3 Å². The molecule has 1 aliphatic rings. The SMILES string of the molecule is CS(=O)(=O)N(CCC=CCCCC(=O)O)c1ccc(C(O)C2(O)CCC2)cc1. The zero-order chi connectivity index (χ0) is 20.8. The summed E-state index contributed by atoms with van der Waals surface area (Å²) in [5.41, 5.74) is -0.0141. The van der Waals surface area contributed by atoms with E-state index >= 15 is 0 Å². The van der Waals surface area contributed by atoms with E-state index in [4.69, 9.17) is 5.11 Å². The number of unbranched alkanes of at least 4 members (excludes halogenated alkanes) is 1. The molecule has 1 fully saturated rings. The van der Waals surface area contributed by atoms with Crippen molar-refractivity contribution in [3.63, 3.8) is 0 Å². The number of aliphatic carboxylic acids is 1. The van der Waals surface area contributed by atoms with Crippen molar-refractivity contribution in [1.82, 2.24) is 0 Å². The second kappa shape index (κ2) is 9.54. The molecule has 1 aliphatic carbocycles. The van der Waals surface area contributed by atoms with Crippen LogP contribution in [0.5, 0.6) is 0 Å². The maximum Gasteiger partial charge on any atom is 0.303 e. The molecule has 0 amide bonds. The predicted octanol–water partition coefficient (Wildman–Crippen LogP) is 2.60. The van der Waals surface area contributed by atoms with Gasteiger partial charge in [0, 0.05) is 13.0 Å². The molecule has 1 aromatic rings. The third kappa shape index (κ3) is 6.05. The molecule has 8 heteroatoms. The van der Waals surface area contributed by atoms with Gasteiger partial charge in [-0.05, 0) is 56.2 Å². The lowest BCUT2D eigenvalue weighted by atomic mass is 9.74. The largest absolute Gasteiger partial charge is 0.481 e. The Kier molecular flexibility index (Phi) is 7.63. The lowest BCUT2D eigenvalue weighted by Gasteiger charge is -2.40. The summed E-state index contributed by atoms with van der Waals surface area (Å²) in [7, 11) is -3.47. The second-order valence-corrected chi connectivity index (χ2v) is 9.24. The maximum absolute atomic E-state index is 12.2. The van der Waals surface area contributed by atoms with Crippen LogP contribution in [0.1, 0.15) is 56.6 Å². The van der Waals surface area contributed by atoms with Crippen molar-refractivity contribution in [1.29, 1.82) is 0 Å². The first-order chi connectivity index (χ1) is 13.1. The van der Waals surface area contributed by atoms with Crippen LogP contribution in [0.3, 0.4) is 0 Å². The topological polar surface area (TPSA) is 115 Å². The van der Waals surface area contributed by atoms with Crippen LogP contribution in [0.2, 0.25) is 0 Å². The van der Waals surface area contributed by atoms with E-state index < -0.39 is 27.7 Å². The smallest absolute Gasteiger partial charge is 0.303 e. The highest BCUT2D eigenvalue weighted by molar-refractivity contribution is 7.92. The Morgan fingerprint density at radius 3 is 2.32 bits per heavy atom. The molecule has 7 nitrogen and oxygen atoms in total. The van der Waals surface area contributed by atoms with Gasteiger partial charge >= 0.3 is 5.97 Å². The van der Waals surface area contributed by atoms with Crippen molar-refractivity contribution in [3.05, 3.63) is 42.0 Å². The summed E-state index contributed by atoms with van der Waals surface area (Å²) in [6.07, 6.45) is 7.70. The summed E-state index contributed by atoms with van der Waals surface area (Å²) in [6, 6.07) is 6.57. The zero-order valence-electron chi connectivity index (χ0n) is 16.1. The van der Waals surface area contributed by atoms with Crippen LogP contribution < -0.4 is 4.31 Å². The van der Waals surface area contributed by atoms with Crippen LogP contribution in [-0.4, -0.2) is 48.1 Å². The van der Waals surface area contributed by atoms with Crippen LogP contribution in [0.25, 0.3) is 0 Å². The van der Waals surface area contributed by atoms with E-state index in [0.29, 0.717) is 43.4 Å². The van der Waals surface area contributed by atoms with Crippen LogP contribution in [0.15, 0.2) is 36.4 Å². The van der Waals surface area contributed by atoms with Crippen molar-refractivity contribution in [3.8, 4) is 0 Å². The average Bonchev–Trinajstić information content (AvgIpc) is 2.60. The standard InChI is InChI=1S/C20H29NO6S/c1-28(26,27)21(15-6-4-2-3-5-8-18(22)23)17-11-9-16(10-12-17)19(24)20(25)13-7-14-20/h2,4,9-12,19,24-25H,3,5-8,13-15H2,1H3,(H,22,23). The van der Waals surface area contributed by atoms with Gasteiger partial charge in [-0.2, -0.15) is 0 Å². The molecule has 3 N–H and O–H groups in total. The molecule has 1 saturated carbocycles. The highest BCUT2D eigenvalue weighted by Gasteiger charge is 2.42. The Bertz CT molecular complexity index is 783. The fourth-order valence-electron chi connectivity index (χ4n) is 3.23. The highest BCUT2D eigenvalue weighted by Crippen LogP contribution is 2.42. The summed E-state index contributed by atoms with van der Waals surface area (Å²) in [5, 5.41) is 29.2. The zero-order valence-corrected chi connectivity index (χ0v) is 16.9. The van der Waals surface area contributed by atoms with E-state index in [-0.39, 0.29) is 13.0 Å². The minimum atomic E-state index is -3.47. The Morgan fingerprint density at radius 1 is 1.21 bits per heavy atom. The number of aliphatic hydroxyl groups excluding tert-OH is 1. The third-order valence-electron chi connectivity index (χ3n) is 5.05. The van der Waals surface area contributed by atoms with E-state index in [1.54, 1.807) is 24.3 Å². The minimum absolute atomic E-state index is 0.118. The molecule has 0 heterocycles. The Hall–Kier alpha value is -1.90. The number of allylic oxidation sites excluding steroid dienone is 1. The van der Waals surface area contributed by atoms with Crippen molar-refractivity contribution in [2.24, 2.45) is 0 Å². The minimum Gasteiger partial charge on any atom is -0.481 e. The number of carboxylic acids is 1. The summed E-state index contributed by atoms with van der Waals surface area (Å²) in [5.74, 6) is -0.824. The van der Waals surface area contributed by atoms with Gasteiger partial charge in [-0.25, -0.2) is 8.42 Å². The molecule has 0 saturated heterocycles. The summed E-state index contributed by atoms with van der Waals surface area (Å²) in [4.78, 5) is 10.5. The fraction of sp³-hybridized carbons (Fsp3) is 0.550. The normalized spacial score (nSPS) is 17.2. The van der Waals surface area contributed by atoms with Gasteiger partial charge in [0.1, 0.15) is 6.10 Å². The number of rotatable bonds is 11. The monoisotopic (exact) mass is 411 g/mol. The Labute approximate surface area is 166 Å². The van der Waals surface area contributed by atoms with Crippen LogP contribution in [-0.2, 0) is 14.8 Å². The Balaban J connectivity index is 1.97. The van der Waals surface area contributed by atoms with Gasteiger partial charge in [-0.1, -0.05) is 24.3 Å². The molecular weight excluding hydrogens is 382 g/mol. The first kappa shape index (κ1) is 22.4. The maximum atomic E-state index is 12.2. The van der Waals surface area contributed by atoms with E-state index in [1.807, 2.05) is 12.2 Å². The molecule has 0 aliphatic heterocycles.